The van der Waals surface area contributed by atoms with Gasteiger partial charge in [0, 0.05) is 6.04 Å². The van der Waals surface area contributed by atoms with Gasteiger partial charge < -0.3 is 5.73 Å². The van der Waals surface area contributed by atoms with Gasteiger partial charge in [0.25, 0.3) is 0 Å². The van der Waals surface area contributed by atoms with E-state index in [0.29, 0.717) is 11.5 Å². The Bertz CT molecular complexity index is 140. The molecular weight excluding hydrogens is 170 g/mol. The molecular formula is C13H29N. The minimum atomic E-state index is 0.371. The Morgan fingerprint density at radius 3 is 2.14 bits per heavy atom. The second kappa shape index (κ2) is 6.44. The SMILES string of the molecule is CCC(C)(CCCC(C)N)CC(C)C. The molecule has 0 aromatic heterocycles. The maximum Gasteiger partial charge on any atom is 0.00104 e. The van der Waals surface area contributed by atoms with Gasteiger partial charge in [0.2, 0.25) is 0 Å². The molecule has 86 valence electrons. The summed E-state index contributed by atoms with van der Waals surface area (Å²) in [5, 5.41) is 0. The van der Waals surface area contributed by atoms with E-state index < -0.39 is 0 Å². The van der Waals surface area contributed by atoms with E-state index in [1.165, 1.54) is 32.1 Å². The van der Waals surface area contributed by atoms with Gasteiger partial charge >= 0.3 is 0 Å². The van der Waals surface area contributed by atoms with Crippen LogP contribution in [-0.2, 0) is 0 Å². The van der Waals surface area contributed by atoms with Crippen molar-refractivity contribution in [3.05, 3.63) is 0 Å². The minimum absolute atomic E-state index is 0.371. The molecule has 0 aromatic carbocycles. The fraction of sp³-hybridized carbons (Fsp3) is 1.00. The Balaban J connectivity index is 3.86. The molecule has 0 aliphatic carbocycles. The third kappa shape index (κ3) is 6.42. The monoisotopic (exact) mass is 199 g/mol. The first-order valence-corrected chi connectivity index (χ1v) is 6.15. The number of rotatable bonds is 7. The molecule has 0 spiro atoms. The quantitative estimate of drug-likeness (QED) is 0.659. The summed E-state index contributed by atoms with van der Waals surface area (Å²) in [4.78, 5) is 0. The highest BCUT2D eigenvalue weighted by molar-refractivity contribution is 4.74. The Morgan fingerprint density at radius 1 is 1.21 bits per heavy atom. The predicted octanol–water partition coefficient (Wildman–Crippen LogP) is 3.97. The molecule has 0 rings (SSSR count). The lowest BCUT2D eigenvalue weighted by atomic mass is 9.76. The van der Waals surface area contributed by atoms with Crippen molar-refractivity contribution in [1.82, 2.24) is 0 Å². The van der Waals surface area contributed by atoms with Crippen LogP contribution >= 0.6 is 0 Å². The largest absolute Gasteiger partial charge is 0.328 e. The Morgan fingerprint density at radius 2 is 1.79 bits per heavy atom. The van der Waals surface area contributed by atoms with Crippen molar-refractivity contribution < 1.29 is 0 Å². The molecule has 2 N–H and O–H groups in total. The second-order valence-corrected chi connectivity index (χ2v) is 5.63. The molecule has 0 saturated heterocycles. The van der Waals surface area contributed by atoms with Gasteiger partial charge in [-0.3, -0.25) is 0 Å². The molecule has 0 amide bonds. The average molecular weight is 199 g/mol. The molecule has 14 heavy (non-hydrogen) atoms. The maximum absolute atomic E-state index is 5.76. The molecule has 0 saturated carbocycles. The van der Waals surface area contributed by atoms with Gasteiger partial charge in [0.15, 0.2) is 0 Å². The van der Waals surface area contributed by atoms with E-state index in [2.05, 4.69) is 34.6 Å². The average Bonchev–Trinajstić information content (AvgIpc) is 2.02. The zero-order valence-corrected chi connectivity index (χ0v) is 10.8. The van der Waals surface area contributed by atoms with E-state index in [0.717, 1.165) is 5.92 Å². The molecule has 1 heteroatoms. The van der Waals surface area contributed by atoms with Crippen molar-refractivity contribution in [2.45, 2.75) is 72.8 Å². The molecule has 0 aliphatic heterocycles. The fourth-order valence-corrected chi connectivity index (χ4v) is 2.26. The van der Waals surface area contributed by atoms with E-state index in [9.17, 15) is 0 Å². The van der Waals surface area contributed by atoms with Crippen LogP contribution in [0, 0.1) is 11.3 Å². The highest BCUT2D eigenvalue weighted by Crippen LogP contribution is 2.35. The molecule has 1 nitrogen and oxygen atoms in total. The minimum Gasteiger partial charge on any atom is -0.328 e. The second-order valence-electron chi connectivity index (χ2n) is 5.63. The van der Waals surface area contributed by atoms with Crippen molar-refractivity contribution >= 4 is 0 Å². The van der Waals surface area contributed by atoms with Crippen molar-refractivity contribution in [3.8, 4) is 0 Å². The zero-order chi connectivity index (χ0) is 11.2. The first-order chi connectivity index (χ1) is 6.39. The molecule has 0 aromatic rings. The highest BCUT2D eigenvalue weighted by Gasteiger charge is 2.22. The lowest BCUT2D eigenvalue weighted by Gasteiger charge is -2.30. The number of hydrogen-bond donors (Lipinski definition) is 1. The molecule has 0 fully saturated rings. The summed E-state index contributed by atoms with van der Waals surface area (Å²) in [5.41, 5.74) is 6.31. The molecule has 0 bridgehead atoms. The molecule has 2 atom stereocenters. The van der Waals surface area contributed by atoms with Gasteiger partial charge in [-0.05, 0) is 37.5 Å². The van der Waals surface area contributed by atoms with Gasteiger partial charge in [-0.2, -0.15) is 0 Å². The van der Waals surface area contributed by atoms with E-state index in [-0.39, 0.29) is 0 Å². The molecule has 0 heterocycles. The van der Waals surface area contributed by atoms with Crippen LogP contribution in [0.3, 0.4) is 0 Å². The van der Waals surface area contributed by atoms with Crippen LogP contribution in [0.25, 0.3) is 0 Å². The van der Waals surface area contributed by atoms with Crippen molar-refractivity contribution in [3.63, 3.8) is 0 Å². The van der Waals surface area contributed by atoms with Crippen LogP contribution in [0.1, 0.15) is 66.7 Å². The fourth-order valence-electron chi connectivity index (χ4n) is 2.26. The predicted molar refractivity (Wildman–Crippen MR) is 65.4 cm³/mol. The van der Waals surface area contributed by atoms with Crippen molar-refractivity contribution in [2.24, 2.45) is 17.1 Å². The number of nitrogens with two attached hydrogens (primary N) is 1. The van der Waals surface area contributed by atoms with Crippen LogP contribution < -0.4 is 5.73 Å². The molecule has 2 unspecified atom stereocenters. The van der Waals surface area contributed by atoms with E-state index in [1.807, 2.05) is 0 Å². The summed E-state index contributed by atoms with van der Waals surface area (Å²) in [7, 11) is 0. The van der Waals surface area contributed by atoms with Gasteiger partial charge in [0.1, 0.15) is 0 Å². The topological polar surface area (TPSA) is 26.0 Å². The lowest BCUT2D eigenvalue weighted by Crippen LogP contribution is -2.20. The number of hydrogen-bond acceptors (Lipinski definition) is 1. The molecule has 0 radical (unpaired) electrons. The summed E-state index contributed by atoms with van der Waals surface area (Å²) < 4.78 is 0. The van der Waals surface area contributed by atoms with Crippen LogP contribution in [0.2, 0.25) is 0 Å². The van der Waals surface area contributed by atoms with Crippen LogP contribution in [0.5, 0.6) is 0 Å². The third-order valence-electron chi connectivity index (χ3n) is 3.19. The summed E-state index contributed by atoms with van der Waals surface area (Å²) in [6, 6.07) is 0.371. The maximum atomic E-state index is 5.76. The molecule has 0 aliphatic rings. The van der Waals surface area contributed by atoms with Gasteiger partial charge in [-0.15, -0.1) is 0 Å². The highest BCUT2D eigenvalue weighted by atomic mass is 14.6. The Hall–Kier alpha value is -0.0400. The first-order valence-electron chi connectivity index (χ1n) is 6.15. The van der Waals surface area contributed by atoms with Gasteiger partial charge in [-0.1, -0.05) is 40.5 Å². The van der Waals surface area contributed by atoms with Crippen molar-refractivity contribution in [2.75, 3.05) is 0 Å². The van der Waals surface area contributed by atoms with E-state index in [4.69, 9.17) is 5.73 Å². The summed E-state index contributed by atoms with van der Waals surface area (Å²) >= 11 is 0. The first kappa shape index (κ1) is 14.0. The van der Waals surface area contributed by atoms with Gasteiger partial charge in [-0.25, -0.2) is 0 Å². The van der Waals surface area contributed by atoms with Crippen LogP contribution in [0.4, 0.5) is 0 Å². The van der Waals surface area contributed by atoms with E-state index >= 15 is 0 Å². The normalized spacial score (nSPS) is 18.2. The summed E-state index contributed by atoms with van der Waals surface area (Å²) in [6.45, 7) is 11.5. The smallest absolute Gasteiger partial charge is 0.00104 e. The van der Waals surface area contributed by atoms with E-state index in [1.54, 1.807) is 0 Å². The van der Waals surface area contributed by atoms with Crippen molar-refractivity contribution in [1.29, 1.82) is 0 Å². The van der Waals surface area contributed by atoms with Crippen LogP contribution in [-0.4, -0.2) is 6.04 Å². The zero-order valence-electron chi connectivity index (χ0n) is 10.8. The Kier molecular flexibility index (Phi) is 6.43. The summed E-state index contributed by atoms with van der Waals surface area (Å²) in [5.74, 6) is 0.815. The van der Waals surface area contributed by atoms with Crippen LogP contribution in [0.15, 0.2) is 0 Å². The summed E-state index contributed by atoms with van der Waals surface area (Å²) in [6.07, 6.45) is 6.44. The third-order valence-corrected chi connectivity index (χ3v) is 3.19. The Labute approximate surface area is 90.5 Å². The van der Waals surface area contributed by atoms with Gasteiger partial charge in [0.05, 0.1) is 0 Å². The standard InChI is InChI=1S/C13H29N/c1-6-13(5,10-11(2)3)9-7-8-12(4)14/h11-12H,6-10,14H2,1-5H3. The lowest BCUT2D eigenvalue weighted by molar-refractivity contribution is 0.217.